The van der Waals surface area contributed by atoms with Crippen LogP contribution in [0.1, 0.15) is 55.2 Å². The number of ether oxygens (including phenoxy) is 2. The van der Waals surface area contributed by atoms with Gasteiger partial charge >= 0.3 is 0 Å². The van der Waals surface area contributed by atoms with Crippen LogP contribution in [0, 0.1) is 11.8 Å². The molecule has 0 heterocycles. The highest BCUT2D eigenvalue weighted by molar-refractivity contribution is 5.69. The van der Waals surface area contributed by atoms with Crippen LogP contribution in [0.4, 0.5) is 0 Å². The lowest BCUT2D eigenvalue weighted by atomic mass is 9.70. The summed E-state index contributed by atoms with van der Waals surface area (Å²) in [6.07, 6.45) is 10.5. The zero-order chi connectivity index (χ0) is 21.6. The molecule has 2 aliphatic carbocycles. The van der Waals surface area contributed by atoms with E-state index in [9.17, 15) is 0 Å². The minimum atomic E-state index is 0.536. The number of benzene rings is 3. The second kappa shape index (κ2) is 10.1. The van der Waals surface area contributed by atoms with Gasteiger partial charge in [0.05, 0.1) is 0 Å². The summed E-state index contributed by atoms with van der Waals surface area (Å²) in [5, 5.41) is 0. The Morgan fingerprint density at radius 2 is 1.28 bits per heavy atom. The van der Waals surface area contributed by atoms with E-state index >= 15 is 0 Å². The zero-order valence-electron chi connectivity index (χ0n) is 18.7. The van der Waals surface area contributed by atoms with Gasteiger partial charge in [0, 0.05) is 0 Å². The van der Waals surface area contributed by atoms with E-state index < -0.39 is 0 Å². The highest BCUT2D eigenvalue weighted by Gasteiger charge is 2.28. The quantitative estimate of drug-likeness (QED) is 0.385. The van der Waals surface area contributed by atoms with E-state index in [4.69, 9.17) is 9.47 Å². The zero-order valence-corrected chi connectivity index (χ0v) is 18.7. The standard InChI is InChI=1S/C30H32O2/c1-3-9-23(10-4-1)21-31-29-18-17-28(20-30(29)32-22-24-11-5-2-6-12-24)27-16-15-25-13-7-8-14-26(25)19-27/h1-6,9-12,16-18,20,25-26H,7-8,13-15,19,21-22H2/t25-,26+/m0/s1. The molecular formula is C30H32O2. The summed E-state index contributed by atoms with van der Waals surface area (Å²) < 4.78 is 12.5. The van der Waals surface area contributed by atoms with Crippen LogP contribution in [0.2, 0.25) is 0 Å². The van der Waals surface area contributed by atoms with Crippen molar-refractivity contribution >= 4 is 5.57 Å². The van der Waals surface area contributed by atoms with Gasteiger partial charge in [-0.15, -0.1) is 0 Å². The van der Waals surface area contributed by atoms with Gasteiger partial charge in [-0.3, -0.25) is 0 Å². The Labute approximate surface area is 191 Å². The van der Waals surface area contributed by atoms with E-state index in [1.807, 2.05) is 24.3 Å². The molecule has 1 saturated carbocycles. The fraction of sp³-hybridized carbons (Fsp3) is 0.333. The highest BCUT2D eigenvalue weighted by Crippen LogP contribution is 2.44. The molecule has 0 saturated heterocycles. The maximum atomic E-state index is 6.30. The maximum absolute atomic E-state index is 6.30. The van der Waals surface area contributed by atoms with Crippen LogP contribution in [-0.4, -0.2) is 0 Å². The molecule has 32 heavy (non-hydrogen) atoms. The van der Waals surface area contributed by atoms with Gasteiger partial charge in [0.15, 0.2) is 11.5 Å². The van der Waals surface area contributed by atoms with Gasteiger partial charge < -0.3 is 9.47 Å². The Hall–Kier alpha value is -3.00. The van der Waals surface area contributed by atoms with Crippen LogP contribution in [-0.2, 0) is 13.2 Å². The Morgan fingerprint density at radius 3 is 1.97 bits per heavy atom. The fourth-order valence-electron chi connectivity index (χ4n) is 5.17. The molecule has 0 spiro atoms. The van der Waals surface area contributed by atoms with Gasteiger partial charge in [-0.1, -0.05) is 85.6 Å². The summed E-state index contributed by atoms with van der Waals surface area (Å²) in [4.78, 5) is 0. The van der Waals surface area contributed by atoms with E-state index in [1.54, 1.807) is 0 Å². The van der Waals surface area contributed by atoms with Crippen LogP contribution >= 0.6 is 0 Å². The predicted octanol–water partition coefficient (Wildman–Crippen LogP) is 7.83. The average molecular weight is 425 g/mol. The maximum Gasteiger partial charge on any atom is 0.162 e. The minimum absolute atomic E-state index is 0.536. The van der Waals surface area contributed by atoms with Gasteiger partial charge in [-0.05, 0) is 71.9 Å². The fourth-order valence-corrected chi connectivity index (χ4v) is 5.17. The molecule has 3 aromatic carbocycles. The monoisotopic (exact) mass is 424 g/mol. The number of hydrogen-bond acceptors (Lipinski definition) is 2. The molecule has 0 radical (unpaired) electrons. The van der Waals surface area contributed by atoms with Gasteiger partial charge in [-0.2, -0.15) is 0 Å². The lowest BCUT2D eigenvalue weighted by molar-refractivity contribution is 0.235. The molecule has 0 unspecified atom stereocenters. The second-order valence-electron chi connectivity index (χ2n) is 9.18. The van der Waals surface area contributed by atoms with Gasteiger partial charge in [0.1, 0.15) is 13.2 Å². The van der Waals surface area contributed by atoms with Gasteiger partial charge in [0.25, 0.3) is 0 Å². The first-order chi connectivity index (χ1) is 15.8. The molecule has 2 heteroatoms. The third-order valence-electron chi connectivity index (χ3n) is 7.00. The van der Waals surface area contributed by atoms with Crippen molar-refractivity contribution < 1.29 is 9.47 Å². The van der Waals surface area contributed by atoms with Crippen LogP contribution in [0.3, 0.4) is 0 Å². The number of hydrogen-bond donors (Lipinski definition) is 0. The van der Waals surface area contributed by atoms with Crippen LogP contribution < -0.4 is 9.47 Å². The van der Waals surface area contributed by atoms with Crippen molar-refractivity contribution in [3.05, 3.63) is 102 Å². The van der Waals surface area contributed by atoms with E-state index in [2.05, 4.69) is 60.7 Å². The summed E-state index contributed by atoms with van der Waals surface area (Å²) in [5.41, 5.74) is 5.08. The molecule has 1 fully saturated rings. The highest BCUT2D eigenvalue weighted by atomic mass is 16.5. The smallest absolute Gasteiger partial charge is 0.162 e. The lowest BCUT2D eigenvalue weighted by Crippen LogP contribution is -2.22. The minimum Gasteiger partial charge on any atom is -0.485 e. The summed E-state index contributed by atoms with van der Waals surface area (Å²) in [5.74, 6) is 3.38. The largest absolute Gasteiger partial charge is 0.485 e. The Kier molecular flexibility index (Phi) is 6.58. The first kappa shape index (κ1) is 20.9. The van der Waals surface area contributed by atoms with Crippen molar-refractivity contribution in [2.75, 3.05) is 0 Å². The lowest BCUT2D eigenvalue weighted by Gasteiger charge is -2.35. The Balaban J connectivity index is 1.37. The molecule has 0 bridgehead atoms. The van der Waals surface area contributed by atoms with Crippen molar-refractivity contribution in [3.63, 3.8) is 0 Å². The molecule has 0 N–H and O–H groups in total. The van der Waals surface area contributed by atoms with Crippen molar-refractivity contribution in [1.29, 1.82) is 0 Å². The molecule has 0 aliphatic heterocycles. The van der Waals surface area contributed by atoms with Crippen molar-refractivity contribution in [1.82, 2.24) is 0 Å². The van der Waals surface area contributed by atoms with Crippen molar-refractivity contribution in [3.8, 4) is 11.5 Å². The molecule has 0 aromatic heterocycles. The van der Waals surface area contributed by atoms with Crippen LogP contribution in [0.15, 0.2) is 84.9 Å². The number of allylic oxidation sites excluding steroid dienone is 2. The average Bonchev–Trinajstić information content (AvgIpc) is 2.87. The van der Waals surface area contributed by atoms with E-state index in [-0.39, 0.29) is 0 Å². The second-order valence-corrected chi connectivity index (χ2v) is 9.18. The summed E-state index contributed by atoms with van der Waals surface area (Å²) >= 11 is 0. The third-order valence-corrected chi connectivity index (χ3v) is 7.00. The molecule has 5 rings (SSSR count). The topological polar surface area (TPSA) is 18.5 Å². The first-order valence-corrected chi connectivity index (χ1v) is 12.0. The SMILES string of the molecule is C1=C(c2ccc(OCc3ccccc3)c(OCc3ccccc3)c2)C[C@H]2CCCC[C@H]2C1. The Morgan fingerprint density at radius 1 is 0.656 bits per heavy atom. The van der Waals surface area contributed by atoms with E-state index in [0.717, 1.165) is 34.5 Å². The van der Waals surface area contributed by atoms with Crippen LogP contribution in [0.5, 0.6) is 11.5 Å². The number of rotatable bonds is 7. The van der Waals surface area contributed by atoms with Crippen LogP contribution in [0.25, 0.3) is 5.57 Å². The molecule has 2 atom stereocenters. The normalized spacial score (nSPS) is 20.2. The van der Waals surface area contributed by atoms with E-state index in [0.29, 0.717) is 13.2 Å². The molecular weight excluding hydrogens is 392 g/mol. The molecule has 3 aromatic rings. The van der Waals surface area contributed by atoms with Crippen molar-refractivity contribution in [2.24, 2.45) is 11.8 Å². The van der Waals surface area contributed by atoms with E-state index in [1.165, 1.54) is 49.7 Å². The van der Waals surface area contributed by atoms with Crippen molar-refractivity contribution in [2.45, 2.75) is 51.7 Å². The Bertz CT molecular complexity index is 1040. The summed E-state index contributed by atoms with van der Waals surface area (Å²) in [7, 11) is 0. The predicted molar refractivity (Wildman–Crippen MR) is 131 cm³/mol. The molecule has 2 nitrogen and oxygen atoms in total. The number of fused-ring (bicyclic) bond motifs is 1. The van der Waals surface area contributed by atoms with Gasteiger partial charge in [0.2, 0.25) is 0 Å². The molecule has 0 amide bonds. The third kappa shape index (κ3) is 5.07. The van der Waals surface area contributed by atoms with Gasteiger partial charge in [-0.25, -0.2) is 0 Å². The molecule has 2 aliphatic rings. The summed E-state index contributed by atoms with van der Waals surface area (Å²) in [6.45, 7) is 1.07. The first-order valence-electron chi connectivity index (χ1n) is 12.0. The summed E-state index contributed by atoms with van der Waals surface area (Å²) in [6, 6.07) is 27.1. The molecule has 164 valence electrons.